The van der Waals surface area contributed by atoms with Crippen LogP contribution in [0.15, 0.2) is 46.9 Å². The molecule has 1 aromatic carbocycles. The van der Waals surface area contributed by atoms with Gasteiger partial charge in [0, 0.05) is 13.1 Å². The number of amides is 1. The van der Waals surface area contributed by atoms with Crippen LogP contribution in [0, 0.1) is 0 Å². The molecule has 0 atom stereocenters. The fourth-order valence-corrected chi connectivity index (χ4v) is 2.35. The molecule has 0 unspecified atom stereocenters. The summed E-state index contributed by atoms with van der Waals surface area (Å²) in [6, 6.07) is 10.4. The second kappa shape index (κ2) is 8.00. The van der Waals surface area contributed by atoms with Gasteiger partial charge in [0.2, 0.25) is 15.9 Å². The van der Waals surface area contributed by atoms with Crippen LogP contribution in [-0.2, 0) is 21.4 Å². The van der Waals surface area contributed by atoms with Crippen LogP contribution in [0.5, 0.6) is 5.75 Å². The molecule has 25 heavy (non-hydrogen) atoms. The van der Waals surface area contributed by atoms with E-state index >= 15 is 0 Å². The summed E-state index contributed by atoms with van der Waals surface area (Å²) in [7, 11) is -0.287. The first-order valence-electron chi connectivity index (χ1n) is 7.41. The monoisotopic (exact) mass is 364 g/mol. The van der Waals surface area contributed by atoms with E-state index in [1.807, 2.05) is 6.07 Å². The Morgan fingerprint density at radius 3 is 2.68 bits per heavy atom. The van der Waals surface area contributed by atoms with E-state index in [-0.39, 0.29) is 12.5 Å². The number of nitrogens with one attached hydrogen (secondary N) is 1. The maximum absolute atomic E-state index is 12.0. The number of benzene rings is 1. The number of anilines is 1. The van der Waals surface area contributed by atoms with Gasteiger partial charge in [-0.15, -0.1) is 0 Å². The Morgan fingerprint density at radius 1 is 1.28 bits per heavy atom. The number of carbonyl (C=O) groups excluding carboxylic acids is 1. The van der Waals surface area contributed by atoms with Gasteiger partial charge in [0.25, 0.3) is 0 Å². The first-order chi connectivity index (χ1) is 11.8. The molecule has 7 nitrogen and oxygen atoms in total. The molecule has 0 fully saturated rings. The molecule has 2 rings (SSSR count). The van der Waals surface area contributed by atoms with Gasteiger partial charge in [-0.05, 0) is 30.3 Å². The van der Waals surface area contributed by atoms with Crippen molar-refractivity contribution in [2.75, 3.05) is 25.7 Å². The molecule has 1 aromatic heterocycles. The van der Waals surface area contributed by atoms with E-state index in [0.717, 1.165) is 6.26 Å². The van der Waals surface area contributed by atoms with Gasteiger partial charge in [0.05, 0.1) is 25.6 Å². The van der Waals surface area contributed by atoms with E-state index in [9.17, 15) is 13.2 Å². The zero-order chi connectivity index (χ0) is 18.4. The molecule has 0 spiro atoms. The third-order valence-electron chi connectivity index (χ3n) is 3.39. The van der Waals surface area contributed by atoms with E-state index in [0.29, 0.717) is 23.0 Å². The summed E-state index contributed by atoms with van der Waals surface area (Å²) >= 11 is 0. The highest BCUT2D eigenvalue weighted by Crippen LogP contribution is 2.23. The summed E-state index contributed by atoms with van der Waals surface area (Å²) in [5.74, 6) is 1.16. The molecule has 0 bridgehead atoms. The van der Waals surface area contributed by atoms with Crippen LogP contribution in [0.2, 0.25) is 0 Å². The molecule has 8 heteroatoms. The number of hydrogen-bond acceptors (Lipinski definition) is 5. The summed E-state index contributed by atoms with van der Waals surface area (Å²) in [5, 5.41) is 2.71. The average molecular weight is 364 g/mol. The molecule has 1 heterocycles. The Kier molecular flexibility index (Phi) is 6.00. The van der Waals surface area contributed by atoms with Gasteiger partial charge < -0.3 is 14.5 Å². The number of para-hydroxylation sites is 2. The largest absolute Gasteiger partial charge is 0.495 e. The maximum Gasteiger partial charge on any atom is 0.248 e. The van der Waals surface area contributed by atoms with Crippen molar-refractivity contribution in [2.24, 2.45) is 0 Å². The number of nitrogens with zero attached hydrogens (tertiary/aromatic N) is 1. The van der Waals surface area contributed by atoms with Gasteiger partial charge in [-0.1, -0.05) is 12.1 Å². The van der Waals surface area contributed by atoms with Gasteiger partial charge in [0.15, 0.2) is 0 Å². The normalized spacial score (nSPS) is 11.8. The predicted octanol–water partition coefficient (Wildman–Crippen LogP) is 2.33. The van der Waals surface area contributed by atoms with E-state index < -0.39 is 10.0 Å². The van der Waals surface area contributed by atoms with Crippen molar-refractivity contribution in [3.63, 3.8) is 0 Å². The lowest BCUT2D eigenvalue weighted by atomic mass is 10.3. The van der Waals surface area contributed by atoms with E-state index in [4.69, 9.17) is 9.15 Å². The average Bonchev–Trinajstić information content (AvgIpc) is 3.00. The maximum atomic E-state index is 12.0. The van der Waals surface area contributed by atoms with Crippen molar-refractivity contribution >= 4 is 27.7 Å². The highest BCUT2D eigenvalue weighted by molar-refractivity contribution is 7.88. The van der Waals surface area contributed by atoms with Crippen molar-refractivity contribution in [1.29, 1.82) is 0 Å². The minimum Gasteiger partial charge on any atom is -0.495 e. The van der Waals surface area contributed by atoms with Crippen LogP contribution in [0.3, 0.4) is 0 Å². The molecule has 0 aliphatic rings. The molecule has 0 aliphatic carbocycles. The number of ether oxygens (including phenoxy) is 1. The first kappa shape index (κ1) is 18.8. The third-order valence-corrected chi connectivity index (χ3v) is 4.65. The van der Waals surface area contributed by atoms with Crippen molar-refractivity contribution in [1.82, 2.24) is 4.31 Å². The Balaban J connectivity index is 1.99. The molecular weight excluding hydrogens is 344 g/mol. The predicted molar refractivity (Wildman–Crippen MR) is 95.7 cm³/mol. The molecule has 2 aromatic rings. The third kappa shape index (κ3) is 5.47. The van der Waals surface area contributed by atoms with Gasteiger partial charge in [-0.2, -0.15) is 4.31 Å². The SMILES string of the molecule is COc1ccccc1NC(=O)/C=C/c1ccc(CN(C)S(C)(=O)=O)o1. The van der Waals surface area contributed by atoms with Crippen LogP contribution in [0.25, 0.3) is 6.08 Å². The van der Waals surface area contributed by atoms with Crippen molar-refractivity contribution in [3.05, 3.63) is 54.0 Å². The Bertz CT molecular complexity index is 871. The van der Waals surface area contributed by atoms with Crippen molar-refractivity contribution in [3.8, 4) is 5.75 Å². The first-order valence-corrected chi connectivity index (χ1v) is 9.26. The number of carbonyl (C=O) groups is 1. The smallest absolute Gasteiger partial charge is 0.248 e. The Labute approximate surface area is 146 Å². The zero-order valence-corrected chi connectivity index (χ0v) is 15.0. The van der Waals surface area contributed by atoms with Crippen molar-refractivity contribution in [2.45, 2.75) is 6.54 Å². The van der Waals surface area contributed by atoms with Gasteiger partial charge in [-0.3, -0.25) is 4.79 Å². The van der Waals surface area contributed by atoms with Crippen LogP contribution < -0.4 is 10.1 Å². The Hall–Kier alpha value is -2.58. The standard InChI is InChI=1S/C17H20N2O5S/c1-19(25(3,21)22)12-14-9-8-13(24-14)10-11-17(20)18-15-6-4-5-7-16(15)23-2/h4-11H,12H2,1-3H3,(H,18,20)/b11-10+. The number of hydrogen-bond donors (Lipinski definition) is 1. The van der Waals surface area contributed by atoms with Crippen LogP contribution in [-0.4, -0.2) is 39.0 Å². The minimum absolute atomic E-state index is 0.125. The summed E-state index contributed by atoms with van der Waals surface area (Å²) in [4.78, 5) is 12.0. The lowest BCUT2D eigenvalue weighted by Crippen LogP contribution is -2.24. The van der Waals surface area contributed by atoms with Crippen molar-refractivity contribution < 1.29 is 22.4 Å². The molecular formula is C17H20N2O5S. The molecule has 134 valence electrons. The lowest BCUT2D eigenvalue weighted by Gasteiger charge is -2.11. The van der Waals surface area contributed by atoms with E-state index in [1.54, 1.807) is 30.3 Å². The topological polar surface area (TPSA) is 88.9 Å². The van der Waals surface area contributed by atoms with Gasteiger partial charge >= 0.3 is 0 Å². The Morgan fingerprint density at radius 2 is 2.00 bits per heavy atom. The van der Waals surface area contributed by atoms with Crippen LogP contribution in [0.4, 0.5) is 5.69 Å². The number of rotatable bonds is 7. The summed E-state index contributed by atoms with van der Waals surface area (Å²) in [6.07, 6.45) is 3.96. The number of sulfonamides is 1. The van der Waals surface area contributed by atoms with Crippen LogP contribution in [0.1, 0.15) is 11.5 Å². The highest BCUT2D eigenvalue weighted by Gasteiger charge is 2.13. The summed E-state index contributed by atoms with van der Waals surface area (Å²) < 4.78 is 34.6. The molecule has 1 N–H and O–H groups in total. The number of furan rings is 1. The molecule has 0 aliphatic heterocycles. The lowest BCUT2D eigenvalue weighted by molar-refractivity contribution is -0.111. The molecule has 0 saturated carbocycles. The molecule has 0 saturated heterocycles. The second-order valence-corrected chi connectivity index (χ2v) is 7.44. The quantitative estimate of drug-likeness (QED) is 0.762. The van der Waals surface area contributed by atoms with Gasteiger partial charge in [0.1, 0.15) is 17.3 Å². The van der Waals surface area contributed by atoms with E-state index in [1.165, 1.54) is 30.6 Å². The van der Waals surface area contributed by atoms with Crippen LogP contribution >= 0.6 is 0 Å². The fourth-order valence-electron chi connectivity index (χ4n) is 1.99. The van der Waals surface area contributed by atoms with Gasteiger partial charge in [-0.25, -0.2) is 8.42 Å². The zero-order valence-electron chi connectivity index (χ0n) is 14.2. The number of methoxy groups -OCH3 is 1. The van der Waals surface area contributed by atoms with E-state index in [2.05, 4.69) is 5.32 Å². The summed E-state index contributed by atoms with van der Waals surface area (Å²) in [5.41, 5.74) is 0.564. The summed E-state index contributed by atoms with van der Waals surface area (Å²) in [6.45, 7) is 0.125. The fraction of sp³-hybridized carbons (Fsp3) is 0.235. The highest BCUT2D eigenvalue weighted by atomic mass is 32.2. The second-order valence-electron chi connectivity index (χ2n) is 5.35. The minimum atomic E-state index is -3.28. The molecule has 1 amide bonds. The molecule has 0 radical (unpaired) electrons.